The molecule has 0 radical (unpaired) electrons. The maximum atomic E-state index is 12.4. The van der Waals surface area contributed by atoms with E-state index in [0.717, 1.165) is 12.1 Å². The molecular formula is C16H16F3NO4S. The van der Waals surface area contributed by atoms with Crippen LogP contribution in [-0.4, -0.2) is 21.9 Å². The predicted molar refractivity (Wildman–Crippen MR) is 84.9 cm³/mol. The Morgan fingerprint density at radius 3 is 2.40 bits per heavy atom. The van der Waals surface area contributed by atoms with Crippen molar-refractivity contribution < 1.29 is 31.1 Å². The molecule has 5 nitrogen and oxygen atoms in total. The van der Waals surface area contributed by atoms with Gasteiger partial charge < -0.3 is 9.47 Å². The molecule has 1 unspecified atom stereocenters. The zero-order chi connectivity index (χ0) is 18.7. The summed E-state index contributed by atoms with van der Waals surface area (Å²) in [5.74, 6) is -0.118. The Morgan fingerprint density at radius 1 is 1.08 bits per heavy atom. The van der Waals surface area contributed by atoms with Crippen molar-refractivity contribution in [2.45, 2.75) is 24.2 Å². The van der Waals surface area contributed by atoms with E-state index in [1.165, 1.54) is 19.2 Å². The smallest absolute Gasteiger partial charge is 0.496 e. The number of hydrogen-bond donors (Lipinski definition) is 1. The Morgan fingerprint density at radius 2 is 1.76 bits per heavy atom. The number of para-hydroxylation sites is 1. The predicted octanol–water partition coefficient (Wildman–Crippen LogP) is 3.63. The van der Waals surface area contributed by atoms with Gasteiger partial charge in [-0.2, -0.15) is 0 Å². The Balaban J connectivity index is 2.26. The monoisotopic (exact) mass is 375 g/mol. The van der Waals surface area contributed by atoms with E-state index in [2.05, 4.69) is 9.46 Å². The first kappa shape index (κ1) is 19.1. The molecule has 2 aromatic rings. The average Bonchev–Trinajstić information content (AvgIpc) is 2.53. The van der Waals surface area contributed by atoms with Gasteiger partial charge in [0.1, 0.15) is 11.5 Å². The first-order chi connectivity index (χ1) is 11.6. The van der Waals surface area contributed by atoms with Gasteiger partial charge in [0.25, 0.3) is 0 Å². The van der Waals surface area contributed by atoms with Crippen LogP contribution in [0.15, 0.2) is 53.4 Å². The normalized spacial score (nSPS) is 13.3. The molecule has 0 bridgehead atoms. The molecule has 0 amide bonds. The molecule has 2 aromatic carbocycles. The molecule has 25 heavy (non-hydrogen) atoms. The SMILES string of the molecule is COc1ccccc1C(C)NS(=O)(=O)c1cccc(OC(F)(F)F)c1. The van der Waals surface area contributed by atoms with Crippen molar-refractivity contribution in [2.75, 3.05) is 7.11 Å². The van der Waals surface area contributed by atoms with E-state index in [1.54, 1.807) is 31.2 Å². The highest BCUT2D eigenvalue weighted by atomic mass is 32.2. The van der Waals surface area contributed by atoms with Crippen molar-refractivity contribution in [3.63, 3.8) is 0 Å². The lowest BCUT2D eigenvalue weighted by Crippen LogP contribution is -2.27. The summed E-state index contributed by atoms with van der Waals surface area (Å²) in [4.78, 5) is -0.337. The van der Waals surface area contributed by atoms with Crippen LogP contribution in [0.5, 0.6) is 11.5 Å². The van der Waals surface area contributed by atoms with Crippen LogP contribution in [0.3, 0.4) is 0 Å². The zero-order valence-electron chi connectivity index (χ0n) is 13.4. The largest absolute Gasteiger partial charge is 0.573 e. The van der Waals surface area contributed by atoms with Crippen molar-refractivity contribution in [1.82, 2.24) is 4.72 Å². The van der Waals surface area contributed by atoms with Gasteiger partial charge in [-0.3, -0.25) is 0 Å². The first-order valence-electron chi connectivity index (χ1n) is 7.13. The van der Waals surface area contributed by atoms with Crippen LogP contribution < -0.4 is 14.2 Å². The average molecular weight is 375 g/mol. The highest BCUT2D eigenvalue weighted by Gasteiger charge is 2.31. The fourth-order valence-electron chi connectivity index (χ4n) is 2.23. The summed E-state index contributed by atoms with van der Waals surface area (Å²) in [6, 6.07) is 10.4. The fraction of sp³-hybridized carbons (Fsp3) is 0.250. The number of benzene rings is 2. The van der Waals surface area contributed by atoms with Gasteiger partial charge in [-0.25, -0.2) is 13.1 Å². The van der Waals surface area contributed by atoms with Crippen LogP contribution >= 0.6 is 0 Å². The standard InChI is InChI=1S/C16H16F3NO4S/c1-11(14-8-3-4-9-15(14)23-2)20-25(21,22)13-7-5-6-12(10-13)24-16(17,18)19/h3-11,20H,1-2H3. The van der Waals surface area contributed by atoms with Gasteiger partial charge in [-0.15, -0.1) is 13.2 Å². The van der Waals surface area contributed by atoms with E-state index in [4.69, 9.17) is 4.74 Å². The van der Waals surface area contributed by atoms with Crippen molar-refractivity contribution in [1.29, 1.82) is 0 Å². The zero-order valence-corrected chi connectivity index (χ0v) is 14.2. The third-order valence-electron chi connectivity index (χ3n) is 3.29. The maximum absolute atomic E-state index is 12.4. The number of methoxy groups -OCH3 is 1. The molecule has 0 aliphatic carbocycles. The molecule has 1 atom stereocenters. The molecule has 0 fully saturated rings. The third-order valence-corrected chi connectivity index (χ3v) is 4.83. The first-order valence-corrected chi connectivity index (χ1v) is 8.62. The number of hydrogen-bond acceptors (Lipinski definition) is 4. The summed E-state index contributed by atoms with van der Waals surface area (Å²) in [7, 11) is -2.61. The maximum Gasteiger partial charge on any atom is 0.573 e. The van der Waals surface area contributed by atoms with Gasteiger partial charge in [-0.05, 0) is 25.1 Å². The number of alkyl halides is 3. The second kappa shape index (κ2) is 7.32. The van der Waals surface area contributed by atoms with E-state index < -0.39 is 28.2 Å². The lowest BCUT2D eigenvalue weighted by atomic mass is 10.1. The van der Waals surface area contributed by atoms with Crippen molar-refractivity contribution in [2.24, 2.45) is 0 Å². The number of halogens is 3. The fourth-order valence-corrected chi connectivity index (χ4v) is 3.48. The van der Waals surface area contributed by atoms with Gasteiger partial charge >= 0.3 is 6.36 Å². The van der Waals surface area contributed by atoms with Gasteiger partial charge in [0.15, 0.2) is 0 Å². The summed E-state index contributed by atoms with van der Waals surface area (Å²) in [6.45, 7) is 1.60. The third kappa shape index (κ3) is 5.10. The second-order valence-corrected chi connectivity index (χ2v) is 6.82. The van der Waals surface area contributed by atoms with Crippen LogP contribution in [0.1, 0.15) is 18.5 Å². The van der Waals surface area contributed by atoms with Crippen LogP contribution in [-0.2, 0) is 10.0 Å². The van der Waals surface area contributed by atoms with Crippen LogP contribution in [0.4, 0.5) is 13.2 Å². The molecule has 0 aliphatic heterocycles. The minimum absolute atomic E-state index is 0.337. The Bertz CT molecular complexity index is 837. The van der Waals surface area contributed by atoms with Crippen LogP contribution in [0.25, 0.3) is 0 Å². The van der Waals surface area contributed by atoms with E-state index in [-0.39, 0.29) is 4.90 Å². The minimum Gasteiger partial charge on any atom is -0.496 e. The van der Waals surface area contributed by atoms with Gasteiger partial charge in [0.2, 0.25) is 10.0 Å². The van der Waals surface area contributed by atoms with E-state index >= 15 is 0 Å². The Hall–Kier alpha value is -2.26. The summed E-state index contributed by atoms with van der Waals surface area (Å²) >= 11 is 0. The molecule has 0 aromatic heterocycles. The highest BCUT2D eigenvalue weighted by Crippen LogP contribution is 2.28. The number of sulfonamides is 1. The topological polar surface area (TPSA) is 64.6 Å². The van der Waals surface area contributed by atoms with E-state index in [9.17, 15) is 21.6 Å². The molecule has 0 saturated carbocycles. The molecular weight excluding hydrogens is 359 g/mol. The molecule has 0 heterocycles. The minimum atomic E-state index is -4.90. The van der Waals surface area contributed by atoms with Gasteiger partial charge in [0.05, 0.1) is 12.0 Å². The van der Waals surface area contributed by atoms with Gasteiger partial charge in [0, 0.05) is 17.7 Å². The molecule has 9 heteroatoms. The number of nitrogens with one attached hydrogen (secondary N) is 1. The van der Waals surface area contributed by atoms with Gasteiger partial charge in [-0.1, -0.05) is 24.3 Å². The van der Waals surface area contributed by atoms with E-state index in [1.807, 2.05) is 0 Å². The molecule has 0 aliphatic rings. The van der Waals surface area contributed by atoms with Crippen LogP contribution in [0, 0.1) is 0 Å². The Kier molecular flexibility index (Phi) is 5.58. The van der Waals surface area contributed by atoms with Crippen molar-refractivity contribution >= 4 is 10.0 Å². The second-order valence-electron chi connectivity index (χ2n) is 5.11. The van der Waals surface area contributed by atoms with Crippen LogP contribution in [0.2, 0.25) is 0 Å². The van der Waals surface area contributed by atoms with Crippen molar-refractivity contribution in [3.05, 3.63) is 54.1 Å². The van der Waals surface area contributed by atoms with E-state index in [0.29, 0.717) is 11.3 Å². The summed E-state index contributed by atoms with van der Waals surface area (Å²) in [5.41, 5.74) is 0.594. The lowest BCUT2D eigenvalue weighted by molar-refractivity contribution is -0.274. The highest BCUT2D eigenvalue weighted by molar-refractivity contribution is 7.89. The summed E-state index contributed by atoms with van der Waals surface area (Å²) < 4.78 is 73.1. The Labute approximate surface area is 143 Å². The molecule has 0 saturated heterocycles. The lowest BCUT2D eigenvalue weighted by Gasteiger charge is -2.17. The molecule has 1 N–H and O–H groups in total. The summed E-state index contributed by atoms with van der Waals surface area (Å²) in [5, 5.41) is 0. The summed E-state index contributed by atoms with van der Waals surface area (Å²) in [6.07, 6.45) is -4.90. The molecule has 2 rings (SSSR count). The number of rotatable bonds is 6. The molecule has 0 spiro atoms. The molecule has 136 valence electrons. The van der Waals surface area contributed by atoms with Crippen molar-refractivity contribution in [3.8, 4) is 11.5 Å². The number of ether oxygens (including phenoxy) is 2. The quantitative estimate of drug-likeness (QED) is 0.837.